The van der Waals surface area contributed by atoms with Crippen LogP contribution in [0.15, 0.2) is 32.5 Å². The van der Waals surface area contributed by atoms with E-state index in [1.54, 1.807) is 18.2 Å². The van der Waals surface area contributed by atoms with Crippen LogP contribution in [0.5, 0.6) is 0 Å². The van der Waals surface area contributed by atoms with E-state index in [0.29, 0.717) is 10.0 Å². The van der Waals surface area contributed by atoms with Gasteiger partial charge in [-0.25, -0.2) is 13.2 Å². The van der Waals surface area contributed by atoms with Gasteiger partial charge in [-0.2, -0.15) is 0 Å². The van der Waals surface area contributed by atoms with Crippen LogP contribution in [0, 0.1) is 0 Å². The van der Waals surface area contributed by atoms with E-state index in [4.69, 9.17) is 5.11 Å². The van der Waals surface area contributed by atoms with Gasteiger partial charge in [0.1, 0.15) is 0 Å². The van der Waals surface area contributed by atoms with E-state index >= 15 is 0 Å². The lowest BCUT2D eigenvalue weighted by molar-refractivity contribution is -0.144. The van der Waals surface area contributed by atoms with Crippen LogP contribution in [0.3, 0.4) is 0 Å². The minimum absolute atomic E-state index is 0.00435. The number of rotatable bonds is 2. The summed E-state index contributed by atoms with van der Waals surface area (Å²) in [6, 6.07) is 4.71. The van der Waals surface area contributed by atoms with E-state index in [0.717, 1.165) is 0 Å². The van der Waals surface area contributed by atoms with Gasteiger partial charge in [0.25, 0.3) is 0 Å². The van der Waals surface area contributed by atoms with E-state index < -0.39 is 26.8 Å². The molecule has 2 N–H and O–H groups in total. The molecule has 2 rings (SSSR count). The Morgan fingerprint density at radius 1 is 1.35 bits per heavy atom. The quantitative estimate of drug-likeness (QED) is 0.849. The van der Waals surface area contributed by atoms with E-state index in [-0.39, 0.29) is 4.90 Å². The van der Waals surface area contributed by atoms with Crippen molar-refractivity contribution in [1.29, 1.82) is 0 Å². The number of carboxylic acid groups (broad SMARTS) is 1. The van der Waals surface area contributed by atoms with Gasteiger partial charge in [-0.3, -0.25) is 0 Å². The first-order valence-electron chi connectivity index (χ1n) is 4.52. The number of aliphatic hydroxyl groups is 1. The number of hydrogen-bond donors (Lipinski definition) is 2. The average Bonchev–Trinajstić information content (AvgIpc) is 2.50. The number of sulfone groups is 1. The van der Waals surface area contributed by atoms with Crippen molar-refractivity contribution in [2.75, 3.05) is 0 Å². The van der Waals surface area contributed by atoms with Crippen LogP contribution in [-0.4, -0.2) is 30.7 Å². The molecular weight excluding hydrogens is 312 g/mol. The van der Waals surface area contributed by atoms with E-state index in [9.17, 15) is 18.3 Å². The molecule has 1 aromatic rings. The molecule has 1 aromatic carbocycles. The highest BCUT2D eigenvalue weighted by Crippen LogP contribution is 2.38. The molecule has 0 bridgehead atoms. The van der Waals surface area contributed by atoms with Crippen molar-refractivity contribution in [3.8, 4) is 0 Å². The standard InChI is InChI=1S/C10H7BrO5S/c11-6-3-1-2-5-4-7(8(12)10(13)14)17(15,16)9(5)6/h1-4,8,12H,(H,13,14). The molecule has 0 aromatic heterocycles. The van der Waals surface area contributed by atoms with Gasteiger partial charge in [0, 0.05) is 4.47 Å². The van der Waals surface area contributed by atoms with Crippen LogP contribution in [-0.2, 0) is 14.6 Å². The summed E-state index contributed by atoms with van der Waals surface area (Å²) in [6.45, 7) is 0. The molecule has 7 heteroatoms. The zero-order valence-corrected chi connectivity index (χ0v) is 10.7. The Hall–Kier alpha value is -1.18. The van der Waals surface area contributed by atoms with Gasteiger partial charge < -0.3 is 10.2 Å². The number of hydrogen-bond acceptors (Lipinski definition) is 4. The van der Waals surface area contributed by atoms with Crippen molar-refractivity contribution in [2.45, 2.75) is 11.0 Å². The number of carboxylic acids is 1. The fourth-order valence-electron chi connectivity index (χ4n) is 1.62. The predicted octanol–water partition coefficient (Wildman–Crippen LogP) is 1.02. The molecule has 0 radical (unpaired) electrons. The lowest BCUT2D eigenvalue weighted by Gasteiger charge is -2.07. The molecular formula is C10H7BrO5S. The molecule has 1 aliphatic heterocycles. The molecule has 5 nitrogen and oxygen atoms in total. The van der Waals surface area contributed by atoms with Gasteiger partial charge in [0.15, 0.2) is 6.10 Å². The molecule has 0 saturated carbocycles. The number of carbonyl (C=O) groups is 1. The van der Waals surface area contributed by atoms with Crippen LogP contribution in [0.2, 0.25) is 0 Å². The second-order valence-corrected chi connectivity index (χ2v) is 6.19. The van der Waals surface area contributed by atoms with Crippen LogP contribution in [0.4, 0.5) is 0 Å². The number of aliphatic hydroxyl groups excluding tert-OH is 1. The maximum atomic E-state index is 12.0. The Morgan fingerprint density at radius 3 is 2.53 bits per heavy atom. The molecule has 1 unspecified atom stereocenters. The number of benzene rings is 1. The summed E-state index contributed by atoms with van der Waals surface area (Å²) in [5.41, 5.74) is 0.370. The maximum absolute atomic E-state index is 12.0. The highest BCUT2D eigenvalue weighted by Gasteiger charge is 2.38. The van der Waals surface area contributed by atoms with E-state index in [1.807, 2.05) is 0 Å². The third kappa shape index (κ3) is 1.80. The zero-order chi connectivity index (χ0) is 12.8. The minimum Gasteiger partial charge on any atom is -0.479 e. The van der Waals surface area contributed by atoms with Crippen molar-refractivity contribution in [1.82, 2.24) is 0 Å². The maximum Gasteiger partial charge on any atom is 0.337 e. The molecule has 0 fully saturated rings. The summed E-state index contributed by atoms with van der Waals surface area (Å²) >= 11 is 3.09. The summed E-state index contributed by atoms with van der Waals surface area (Å²) in [7, 11) is -3.94. The summed E-state index contributed by atoms with van der Waals surface area (Å²) in [5, 5.41) is 18.0. The van der Waals surface area contributed by atoms with Gasteiger partial charge in [0.05, 0.1) is 9.80 Å². The molecule has 1 atom stereocenters. The molecule has 0 aliphatic carbocycles. The van der Waals surface area contributed by atoms with Crippen molar-refractivity contribution in [3.63, 3.8) is 0 Å². The Bertz CT molecular complexity index is 632. The lowest BCUT2D eigenvalue weighted by Crippen LogP contribution is -2.25. The average molecular weight is 319 g/mol. The highest BCUT2D eigenvalue weighted by atomic mass is 79.9. The third-order valence-electron chi connectivity index (χ3n) is 2.38. The topological polar surface area (TPSA) is 91.7 Å². The largest absolute Gasteiger partial charge is 0.479 e. The SMILES string of the molecule is O=C(O)C(O)C1=Cc2cccc(Br)c2S1(=O)=O. The molecule has 1 aliphatic rings. The normalized spacial score (nSPS) is 18.4. The van der Waals surface area contributed by atoms with Crippen molar-refractivity contribution < 1.29 is 23.4 Å². The van der Waals surface area contributed by atoms with Crippen LogP contribution < -0.4 is 0 Å². The van der Waals surface area contributed by atoms with Crippen LogP contribution >= 0.6 is 15.9 Å². The van der Waals surface area contributed by atoms with Crippen molar-refractivity contribution in [2.24, 2.45) is 0 Å². The summed E-state index contributed by atoms with van der Waals surface area (Å²) in [5.74, 6) is -1.59. The monoisotopic (exact) mass is 318 g/mol. The lowest BCUT2D eigenvalue weighted by atomic mass is 10.2. The fourth-order valence-corrected chi connectivity index (χ4v) is 4.31. The first-order valence-corrected chi connectivity index (χ1v) is 6.79. The van der Waals surface area contributed by atoms with Gasteiger partial charge in [-0.05, 0) is 33.6 Å². The number of fused-ring (bicyclic) bond motifs is 1. The Balaban J connectivity index is 2.66. The molecule has 17 heavy (non-hydrogen) atoms. The fraction of sp³-hybridized carbons (Fsp3) is 0.100. The van der Waals surface area contributed by atoms with E-state index in [2.05, 4.69) is 15.9 Å². The van der Waals surface area contributed by atoms with Gasteiger partial charge in [-0.1, -0.05) is 12.1 Å². The summed E-state index contributed by atoms with van der Waals surface area (Å²) in [6.07, 6.45) is -0.868. The molecule has 0 saturated heterocycles. The van der Waals surface area contributed by atoms with Crippen molar-refractivity contribution >= 4 is 37.8 Å². The molecule has 1 heterocycles. The van der Waals surface area contributed by atoms with E-state index in [1.165, 1.54) is 6.08 Å². The second-order valence-electron chi connectivity index (χ2n) is 3.45. The van der Waals surface area contributed by atoms with Crippen molar-refractivity contribution in [3.05, 3.63) is 33.1 Å². The first-order chi connectivity index (χ1) is 7.85. The summed E-state index contributed by atoms with van der Waals surface area (Å²) < 4.78 is 24.4. The Labute approximate surface area is 105 Å². The first kappa shape index (κ1) is 12.3. The predicted molar refractivity (Wildman–Crippen MR) is 62.9 cm³/mol. The molecule has 0 amide bonds. The van der Waals surface area contributed by atoms with Gasteiger partial charge >= 0.3 is 5.97 Å². The molecule has 90 valence electrons. The minimum atomic E-state index is -3.94. The highest BCUT2D eigenvalue weighted by molar-refractivity contribution is 9.10. The summed E-state index contributed by atoms with van der Waals surface area (Å²) in [4.78, 5) is 10.1. The number of halogens is 1. The second kappa shape index (κ2) is 3.94. The Kier molecular flexibility index (Phi) is 2.84. The Morgan fingerprint density at radius 2 is 2.00 bits per heavy atom. The van der Waals surface area contributed by atoms with Crippen LogP contribution in [0.25, 0.3) is 6.08 Å². The third-order valence-corrected chi connectivity index (χ3v) is 5.26. The molecule has 0 spiro atoms. The smallest absolute Gasteiger partial charge is 0.337 e. The van der Waals surface area contributed by atoms with Gasteiger partial charge in [0.2, 0.25) is 9.84 Å². The van der Waals surface area contributed by atoms with Crippen LogP contribution in [0.1, 0.15) is 5.56 Å². The number of aliphatic carboxylic acids is 1. The van der Waals surface area contributed by atoms with Gasteiger partial charge in [-0.15, -0.1) is 0 Å². The zero-order valence-electron chi connectivity index (χ0n) is 8.29.